The Kier molecular flexibility index (Phi) is 5.03. The number of alkyl halides is 7. The molecule has 0 aliphatic heterocycles. The molecule has 1 radical (unpaired) electrons. The van der Waals surface area contributed by atoms with Crippen LogP contribution in [0.1, 0.15) is 11.1 Å². The molecule has 0 N–H and O–H groups in total. The van der Waals surface area contributed by atoms with Gasteiger partial charge in [-0.2, -0.15) is 30.7 Å². The van der Waals surface area contributed by atoms with Crippen molar-refractivity contribution in [3.05, 3.63) is 35.4 Å². The maximum Gasteiger partial charge on any atom is 0.460 e. The van der Waals surface area contributed by atoms with Gasteiger partial charge in [-0.15, -0.1) is 22.2 Å². The van der Waals surface area contributed by atoms with E-state index in [0.717, 1.165) is 6.07 Å². The zero-order valence-electron chi connectivity index (χ0n) is 9.42. The Hall–Kier alpha value is -0.473. The summed E-state index contributed by atoms with van der Waals surface area (Å²) in [5.74, 6) is -11.6. The molecule has 0 fully saturated rings. The third-order valence-electron chi connectivity index (χ3n) is 2.38. The van der Waals surface area contributed by atoms with Crippen molar-refractivity contribution in [1.29, 1.82) is 0 Å². The van der Waals surface area contributed by atoms with Gasteiger partial charge in [0, 0.05) is 5.56 Å². The van der Waals surface area contributed by atoms with Crippen LogP contribution in [0, 0.1) is 0 Å². The highest BCUT2D eigenvalue weighted by molar-refractivity contribution is 7.33. The molecule has 0 amide bonds. The van der Waals surface area contributed by atoms with Crippen molar-refractivity contribution in [2.75, 3.05) is 0 Å². The molecule has 0 bridgehead atoms. The zero-order chi connectivity index (χ0) is 15.8. The minimum absolute atomic E-state index is 0.0602. The lowest BCUT2D eigenvalue weighted by atomic mass is 10.00. The van der Waals surface area contributed by atoms with Crippen LogP contribution >= 0.6 is 22.2 Å². The standard InChI is InChI=1S/C10H6Cl2F7Si/c11-20(12)5-6-2-1-3-7(4-6)8(13,14)9(15,16)10(17,18)19/h1-4H,5H2. The third-order valence-corrected chi connectivity index (χ3v) is 3.85. The topological polar surface area (TPSA) is 0 Å². The van der Waals surface area contributed by atoms with Gasteiger partial charge >= 0.3 is 18.0 Å². The molecule has 0 aromatic heterocycles. The summed E-state index contributed by atoms with van der Waals surface area (Å²) in [7, 11) is -1.92. The van der Waals surface area contributed by atoms with E-state index in [9.17, 15) is 30.7 Å². The lowest BCUT2D eigenvalue weighted by molar-refractivity contribution is -0.359. The van der Waals surface area contributed by atoms with Gasteiger partial charge in [0.1, 0.15) is 0 Å². The van der Waals surface area contributed by atoms with E-state index in [2.05, 4.69) is 0 Å². The predicted molar refractivity (Wildman–Crippen MR) is 62.5 cm³/mol. The first-order valence-electron chi connectivity index (χ1n) is 4.98. The summed E-state index contributed by atoms with van der Waals surface area (Å²) in [5, 5.41) is 0. The minimum atomic E-state index is -6.36. The summed E-state index contributed by atoms with van der Waals surface area (Å²) in [6.07, 6.45) is -6.36. The van der Waals surface area contributed by atoms with Crippen molar-refractivity contribution < 1.29 is 30.7 Å². The highest BCUT2D eigenvalue weighted by Crippen LogP contribution is 2.51. The van der Waals surface area contributed by atoms with Gasteiger partial charge in [0.05, 0.1) is 0 Å². The van der Waals surface area contributed by atoms with Gasteiger partial charge in [0.25, 0.3) is 7.42 Å². The van der Waals surface area contributed by atoms with Crippen molar-refractivity contribution in [2.24, 2.45) is 0 Å². The SMILES string of the molecule is FC(F)(F)C(F)(F)C(F)(F)c1cccc(C[Si](Cl)Cl)c1. The Morgan fingerprint density at radius 2 is 1.50 bits per heavy atom. The Morgan fingerprint density at radius 1 is 0.950 bits per heavy atom. The van der Waals surface area contributed by atoms with Crippen molar-refractivity contribution in [2.45, 2.75) is 24.1 Å². The summed E-state index contributed by atoms with van der Waals surface area (Å²) in [6.45, 7) is 0. The lowest BCUT2D eigenvalue weighted by Crippen LogP contribution is -2.50. The number of benzene rings is 1. The Balaban J connectivity index is 3.22. The van der Waals surface area contributed by atoms with Crippen LogP contribution < -0.4 is 0 Å². The van der Waals surface area contributed by atoms with E-state index in [-0.39, 0.29) is 11.6 Å². The van der Waals surface area contributed by atoms with E-state index in [0.29, 0.717) is 12.1 Å². The van der Waals surface area contributed by atoms with Crippen LogP contribution in [0.5, 0.6) is 0 Å². The smallest absolute Gasteiger partial charge is 0.194 e. The first kappa shape index (κ1) is 17.6. The molecule has 0 aliphatic rings. The largest absolute Gasteiger partial charge is 0.460 e. The molecular formula is C10H6Cl2F7Si. The quantitative estimate of drug-likeness (QED) is 0.403. The predicted octanol–water partition coefficient (Wildman–Crippen LogP) is 5.02. The van der Waals surface area contributed by atoms with Crippen molar-refractivity contribution in [3.63, 3.8) is 0 Å². The van der Waals surface area contributed by atoms with Crippen molar-refractivity contribution >= 4 is 29.6 Å². The first-order chi connectivity index (χ1) is 8.89. The molecule has 20 heavy (non-hydrogen) atoms. The van der Waals surface area contributed by atoms with Crippen LogP contribution in [0.4, 0.5) is 30.7 Å². The molecule has 0 spiro atoms. The summed E-state index contributed by atoms with van der Waals surface area (Å²) in [5.41, 5.74) is -1.37. The Labute approximate surface area is 120 Å². The molecular weight excluding hydrogens is 352 g/mol. The Bertz CT molecular complexity index is 473. The molecule has 0 saturated carbocycles. The average Bonchev–Trinajstić information content (AvgIpc) is 2.26. The van der Waals surface area contributed by atoms with Crippen LogP contribution in [0.15, 0.2) is 24.3 Å². The summed E-state index contributed by atoms with van der Waals surface area (Å²) < 4.78 is 88.7. The third kappa shape index (κ3) is 3.40. The average molecular weight is 358 g/mol. The lowest BCUT2D eigenvalue weighted by Gasteiger charge is -2.28. The van der Waals surface area contributed by atoms with Crippen molar-refractivity contribution in [3.8, 4) is 0 Å². The van der Waals surface area contributed by atoms with E-state index in [1.807, 2.05) is 0 Å². The van der Waals surface area contributed by atoms with Crippen molar-refractivity contribution in [1.82, 2.24) is 0 Å². The molecule has 1 aromatic rings. The van der Waals surface area contributed by atoms with Crippen LogP contribution in [-0.2, 0) is 12.0 Å². The van der Waals surface area contributed by atoms with Crippen LogP contribution in [-0.4, -0.2) is 19.5 Å². The van der Waals surface area contributed by atoms with Crippen LogP contribution in [0.2, 0.25) is 0 Å². The summed E-state index contributed by atoms with van der Waals surface area (Å²) in [6, 6.07) is 3.20. The first-order valence-corrected chi connectivity index (χ1v) is 8.71. The van der Waals surface area contributed by atoms with E-state index in [4.69, 9.17) is 22.2 Å². The summed E-state index contributed by atoms with van der Waals surface area (Å²) in [4.78, 5) is 0. The number of hydrogen-bond donors (Lipinski definition) is 0. The van der Waals surface area contributed by atoms with E-state index in [1.165, 1.54) is 6.07 Å². The minimum Gasteiger partial charge on any atom is -0.194 e. The zero-order valence-corrected chi connectivity index (χ0v) is 11.9. The van der Waals surface area contributed by atoms with Gasteiger partial charge in [-0.25, -0.2) is 0 Å². The fourth-order valence-electron chi connectivity index (χ4n) is 1.39. The maximum atomic E-state index is 13.4. The normalized spacial score (nSPS) is 13.9. The van der Waals surface area contributed by atoms with Gasteiger partial charge in [-0.3, -0.25) is 0 Å². The molecule has 0 unspecified atom stereocenters. The fourth-order valence-corrected chi connectivity index (χ4v) is 2.84. The maximum absolute atomic E-state index is 13.4. The molecule has 1 rings (SSSR count). The highest BCUT2D eigenvalue weighted by atomic mass is 35.7. The van der Waals surface area contributed by atoms with Crippen LogP contribution in [0.3, 0.4) is 0 Å². The number of hydrogen-bond acceptors (Lipinski definition) is 0. The van der Waals surface area contributed by atoms with Crippen LogP contribution in [0.25, 0.3) is 0 Å². The number of halogens is 9. The molecule has 0 saturated heterocycles. The molecule has 10 heteroatoms. The second-order valence-corrected chi connectivity index (χ2v) is 8.21. The van der Waals surface area contributed by atoms with E-state index >= 15 is 0 Å². The Morgan fingerprint density at radius 3 is 1.95 bits per heavy atom. The monoisotopic (exact) mass is 357 g/mol. The molecule has 0 atom stereocenters. The molecule has 0 heterocycles. The molecule has 0 nitrogen and oxygen atoms in total. The highest BCUT2D eigenvalue weighted by Gasteiger charge is 2.73. The van der Waals surface area contributed by atoms with Gasteiger partial charge in [-0.1, -0.05) is 18.2 Å². The molecule has 0 aliphatic carbocycles. The van der Waals surface area contributed by atoms with Gasteiger partial charge in [0.15, 0.2) is 0 Å². The second-order valence-electron chi connectivity index (χ2n) is 3.86. The summed E-state index contributed by atoms with van der Waals surface area (Å²) >= 11 is 11.0. The van der Waals surface area contributed by atoms with E-state index in [1.54, 1.807) is 0 Å². The fraction of sp³-hybridized carbons (Fsp3) is 0.400. The second kappa shape index (κ2) is 5.73. The van der Waals surface area contributed by atoms with Gasteiger partial charge in [-0.05, 0) is 17.7 Å². The number of rotatable bonds is 4. The van der Waals surface area contributed by atoms with E-state index < -0.39 is 31.0 Å². The van der Waals surface area contributed by atoms with Gasteiger partial charge < -0.3 is 0 Å². The molecule has 113 valence electrons. The van der Waals surface area contributed by atoms with Gasteiger partial charge in [0.2, 0.25) is 0 Å². The molecule has 1 aromatic carbocycles.